The van der Waals surface area contributed by atoms with Gasteiger partial charge in [0.1, 0.15) is 17.7 Å². The minimum atomic E-state index is -1.06. The molecule has 1 fully saturated rings. The number of ether oxygens (including phenoxy) is 2. The summed E-state index contributed by atoms with van der Waals surface area (Å²) < 4.78 is 24.4. The molecule has 1 atom stereocenters. The van der Waals surface area contributed by atoms with Gasteiger partial charge in [0.15, 0.2) is 0 Å². The van der Waals surface area contributed by atoms with Crippen molar-refractivity contribution in [2.24, 2.45) is 5.92 Å². The maximum absolute atomic E-state index is 13.6. The maximum atomic E-state index is 13.6. The van der Waals surface area contributed by atoms with E-state index < -0.39 is 6.17 Å². The number of methoxy groups -OCH3 is 2. The normalized spacial score (nSPS) is 17.8. The number of nitrogens with one attached hydrogen (secondary N) is 1. The molecule has 1 aliphatic rings. The van der Waals surface area contributed by atoms with Gasteiger partial charge >= 0.3 is 0 Å². The topological polar surface area (TPSA) is 30.5 Å². The lowest BCUT2D eigenvalue weighted by Crippen LogP contribution is -2.28. The monoisotopic (exact) mass is 281 g/mol. The fourth-order valence-corrected chi connectivity index (χ4v) is 2.85. The number of piperidine rings is 1. The Kier molecular flexibility index (Phi) is 5.24. The van der Waals surface area contributed by atoms with E-state index in [-0.39, 0.29) is 0 Å². The predicted octanol–water partition coefficient (Wildman–Crippen LogP) is 3.28. The molecule has 1 N–H and O–H groups in total. The van der Waals surface area contributed by atoms with Crippen LogP contribution in [0.4, 0.5) is 4.39 Å². The molecule has 1 saturated heterocycles. The van der Waals surface area contributed by atoms with E-state index in [0.717, 1.165) is 30.8 Å². The summed E-state index contributed by atoms with van der Waals surface area (Å²) in [7, 11) is 3.22. The first-order valence-corrected chi connectivity index (χ1v) is 7.25. The van der Waals surface area contributed by atoms with E-state index in [4.69, 9.17) is 9.47 Å². The summed E-state index contributed by atoms with van der Waals surface area (Å²) in [5.41, 5.74) is 1.67. The van der Waals surface area contributed by atoms with E-state index in [9.17, 15) is 4.39 Å². The van der Waals surface area contributed by atoms with Crippen LogP contribution in [0.25, 0.3) is 0 Å². The fourth-order valence-electron chi connectivity index (χ4n) is 2.85. The van der Waals surface area contributed by atoms with Crippen LogP contribution >= 0.6 is 0 Å². The Labute approximate surface area is 120 Å². The number of hydrogen-bond donors (Lipinski definition) is 1. The van der Waals surface area contributed by atoms with Gasteiger partial charge in [-0.25, -0.2) is 4.39 Å². The molecular weight excluding hydrogens is 257 g/mol. The standard InChI is InChI=1S/C16H24FNO2/c1-11(17)14-10-15(19-2)13(9-16(14)20-3)8-12-4-6-18-7-5-12/h9-12,18H,4-8H2,1-3H3. The molecule has 0 bridgehead atoms. The highest BCUT2D eigenvalue weighted by molar-refractivity contribution is 5.47. The molecule has 0 amide bonds. The van der Waals surface area contributed by atoms with E-state index in [1.54, 1.807) is 20.3 Å². The van der Waals surface area contributed by atoms with Crippen molar-refractivity contribution in [2.75, 3.05) is 27.3 Å². The maximum Gasteiger partial charge on any atom is 0.126 e. The average Bonchev–Trinajstić information content (AvgIpc) is 2.47. The lowest BCUT2D eigenvalue weighted by Gasteiger charge is -2.24. The van der Waals surface area contributed by atoms with E-state index >= 15 is 0 Å². The molecule has 20 heavy (non-hydrogen) atoms. The molecule has 1 heterocycles. The van der Waals surface area contributed by atoms with Gasteiger partial charge in [-0.1, -0.05) is 0 Å². The molecule has 1 aromatic carbocycles. The minimum Gasteiger partial charge on any atom is -0.496 e. The van der Waals surface area contributed by atoms with Crippen molar-refractivity contribution in [1.82, 2.24) is 5.32 Å². The predicted molar refractivity (Wildman–Crippen MR) is 78.4 cm³/mol. The van der Waals surface area contributed by atoms with Crippen LogP contribution in [0.5, 0.6) is 11.5 Å². The van der Waals surface area contributed by atoms with Gasteiger partial charge in [-0.3, -0.25) is 0 Å². The average molecular weight is 281 g/mol. The highest BCUT2D eigenvalue weighted by Crippen LogP contribution is 2.36. The zero-order chi connectivity index (χ0) is 14.5. The number of hydrogen-bond acceptors (Lipinski definition) is 3. The second kappa shape index (κ2) is 6.93. The Morgan fingerprint density at radius 3 is 2.40 bits per heavy atom. The van der Waals surface area contributed by atoms with Crippen molar-refractivity contribution in [1.29, 1.82) is 0 Å². The third-order valence-electron chi connectivity index (χ3n) is 4.03. The molecule has 1 unspecified atom stereocenters. The van der Waals surface area contributed by atoms with Crippen molar-refractivity contribution in [3.8, 4) is 11.5 Å². The van der Waals surface area contributed by atoms with Crippen molar-refractivity contribution in [2.45, 2.75) is 32.4 Å². The van der Waals surface area contributed by atoms with Crippen molar-refractivity contribution < 1.29 is 13.9 Å². The number of rotatable bonds is 5. The molecule has 0 aromatic heterocycles. The highest BCUT2D eigenvalue weighted by Gasteiger charge is 2.19. The Hall–Kier alpha value is -1.29. The Bertz CT molecular complexity index is 442. The van der Waals surface area contributed by atoms with Crippen LogP contribution in [0.15, 0.2) is 12.1 Å². The number of halogens is 1. The second-order valence-corrected chi connectivity index (χ2v) is 5.42. The lowest BCUT2D eigenvalue weighted by atomic mass is 9.90. The van der Waals surface area contributed by atoms with Crippen LogP contribution < -0.4 is 14.8 Å². The molecule has 1 aromatic rings. The van der Waals surface area contributed by atoms with Crippen LogP contribution in [0.2, 0.25) is 0 Å². The van der Waals surface area contributed by atoms with Crippen molar-refractivity contribution in [3.05, 3.63) is 23.3 Å². The molecule has 1 aliphatic heterocycles. The zero-order valence-electron chi connectivity index (χ0n) is 12.5. The number of benzene rings is 1. The van der Waals surface area contributed by atoms with E-state index in [1.165, 1.54) is 19.8 Å². The molecule has 4 heteroatoms. The quantitative estimate of drug-likeness (QED) is 0.898. The van der Waals surface area contributed by atoms with Crippen molar-refractivity contribution in [3.63, 3.8) is 0 Å². The third-order valence-corrected chi connectivity index (χ3v) is 4.03. The molecule has 2 rings (SSSR count). The van der Waals surface area contributed by atoms with Crippen LogP contribution in [-0.2, 0) is 6.42 Å². The number of alkyl halides is 1. The van der Waals surface area contributed by atoms with E-state index in [0.29, 0.717) is 17.2 Å². The Morgan fingerprint density at radius 2 is 1.85 bits per heavy atom. The third kappa shape index (κ3) is 3.42. The van der Waals surface area contributed by atoms with Gasteiger partial charge in [-0.2, -0.15) is 0 Å². The Morgan fingerprint density at radius 1 is 1.20 bits per heavy atom. The fraction of sp³-hybridized carbons (Fsp3) is 0.625. The molecule has 3 nitrogen and oxygen atoms in total. The van der Waals surface area contributed by atoms with Crippen molar-refractivity contribution >= 4 is 0 Å². The van der Waals surface area contributed by atoms with Gasteiger partial charge in [0, 0.05) is 5.56 Å². The highest BCUT2D eigenvalue weighted by atomic mass is 19.1. The Balaban J connectivity index is 2.26. The second-order valence-electron chi connectivity index (χ2n) is 5.42. The molecule has 0 spiro atoms. The first kappa shape index (κ1) is 15.1. The van der Waals surface area contributed by atoms with Crippen LogP contribution in [0.1, 0.15) is 37.1 Å². The van der Waals surface area contributed by atoms with Crippen LogP contribution in [0.3, 0.4) is 0 Å². The smallest absolute Gasteiger partial charge is 0.126 e. The van der Waals surface area contributed by atoms with Gasteiger partial charge in [0.25, 0.3) is 0 Å². The molecular formula is C16H24FNO2. The summed E-state index contributed by atoms with van der Waals surface area (Å²) in [6, 6.07) is 3.71. The summed E-state index contributed by atoms with van der Waals surface area (Å²) in [5.74, 6) is 2.04. The van der Waals surface area contributed by atoms with Gasteiger partial charge in [-0.15, -0.1) is 0 Å². The minimum absolute atomic E-state index is 0.554. The van der Waals surface area contributed by atoms with Gasteiger partial charge in [-0.05, 0) is 62.9 Å². The largest absolute Gasteiger partial charge is 0.496 e. The summed E-state index contributed by atoms with van der Waals surface area (Å²) in [5, 5.41) is 3.37. The van der Waals surface area contributed by atoms with Crippen LogP contribution in [-0.4, -0.2) is 27.3 Å². The first-order chi connectivity index (χ1) is 9.65. The van der Waals surface area contributed by atoms with Gasteiger partial charge < -0.3 is 14.8 Å². The first-order valence-electron chi connectivity index (χ1n) is 7.25. The molecule has 0 radical (unpaired) electrons. The molecule has 0 aliphatic carbocycles. The van der Waals surface area contributed by atoms with Crippen LogP contribution in [0, 0.1) is 5.92 Å². The summed E-state index contributed by atoms with van der Waals surface area (Å²) in [6.45, 7) is 3.66. The summed E-state index contributed by atoms with van der Waals surface area (Å²) in [4.78, 5) is 0. The van der Waals surface area contributed by atoms with Gasteiger partial charge in [0.2, 0.25) is 0 Å². The van der Waals surface area contributed by atoms with E-state index in [1.807, 2.05) is 6.07 Å². The molecule has 0 saturated carbocycles. The zero-order valence-corrected chi connectivity index (χ0v) is 12.5. The van der Waals surface area contributed by atoms with E-state index in [2.05, 4.69) is 5.32 Å². The summed E-state index contributed by atoms with van der Waals surface area (Å²) >= 11 is 0. The SMILES string of the molecule is COc1cc(C(C)F)c(OC)cc1CC1CCNCC1. The van der Waals surface area contributed by atoms with Gasteiger partial charge in [0.05, 0.1) is 14.2 Å². The lowest BCUT2D eigenvalue weighted by molar-refractivity contribution is 0.337. The molecule has 112 valence electrons. The summed E-state index contributed by atoms with van der Waals surface area (Å²) in [6.07, 6.45) is 2.24.